The molecule has 86 valence electrons. The number of rotatable bonds is 0. The van der Waals surface area contributed by atoms with Crippen LogP contribution in [0.1, 0.15) is 33.4 Å². The molecule has 1 aliphatic rings. The fourth-order valence-corrected chi connectivity index (χ4v) is 3.04. The van der Waals surface area contributed by atoms with Gasteiger partial charge >= 0.3 is 0 Å². The van der Waals surface area contributed by atoms with Gasteiger partial charge in [0.2, 0.25) is 0 Å². The standard InChI is InChI=1S/C17H18/c1-10-5-13(4)17-15(6-10)9-14-7-11(2)12(3)8-16(14)17/h5-8H,9H2,1-4H3. The van der Waals surface area contributed by atoms with Gasteiger partial charge in [-0.1, -0.05) is 29.8 Å². The van der Waals surface area contributed by atoms with Crippen LogP contribution in [0.3, 0.4) is 0 Å². The zero-order chi connectivity index (χ0) is 12.2. The van der Waals surface area contributed by atoms with Crippen molar-refractivity contribution in [2.75, 3.05) is 0 Å². The maximum atomic E-state index is 2.36. The van der Waals surface area contributed by atoms with E-state index in [0.717, 1.165) is 6.42 Å². The fourth-order valence-electron chi connectivity index (χ4n) is 3.04. The third-order valence-corrected chi connectivity index (χ3v) is 3.93. The molecule has 17 heavy (non-hydrogen) atoms. The van der Waals surface area contributed by atoms with Crippen LogP contribution in [-0.2, 0) is 6.42 Å². The molecule has 2 aromatic carbocycles. The Balaban J connectivity index is 2.31. The molecule has 3 rings (SSSR count). The van der Waals surface area contributed by atoms with Crippen molar-refractivity contribution in [1.29, 1.82) is 0 Å². The summed E-state index contributed by atoms with van der Waals surface area (Å²) in [6.07, 6.45) is 1.11. The highest BCUT2D eigenvalue weighted by molar-refractivity contribution is 5.80. The van der Waals surface area contributed by atoms with E-state index in [1.165, 1.54) is 44.5 Å². The van der Waals surface area contributed by atoms with Crippen molar-refractivity contribution in [2.45, 2.75) is 34.1 Å². The summed E-state index contributed by atoms with van der Waals surface area (Å²) in [6, 6.07) is 9.36. The van der Waals surface area contributed by atoms with Gasteiger partial charge in [0.25, 0.3) is 0 Å². The van der Waals surface area contributed by atoms with E-state index >= 15 is 0 Å². The van der Waals surface area contributed by atoms with Gasteiger partial charge in [-0.2, -0.15) is 0 Å². The summed E-state index contributed by atoms with van der Waals surface area (Å²) in [5.74, 6) is 0. The third kappa shape index (κ3) is 1.51. The van der Waals surface area contributed by atoms with Crippen LogP contribution in [0, 0.1) is 27.7 Å². The maximum Gasteiger partial charge on any atom is -0.00132 e. The molecule has 0 spiro atoms. The molecule has 0 saturated carbocycles. The highest BCUT2D eigenvalue weighted by Gasteiger charge is 2.21. The Hall–Kier alpha value is -1.56. The first-order valence-electron chi connectivity index (χ1n) is 6.27. The molecule has 2 aromatic rings. The zero-order valence-electron chi connectivity index (χ0n) is 11.0. The minimum atomic E-state index is 1.11. The summed E-state index contributed by atoms with van der Waals surface area (Å²) in [4.78, 5) is 0. The van der Waals surface area contributed by atoms with E-state index < -0.39 is 0 Å². The molecule has 1 aliphatic carbocycles. The van der Waals surface area contributed by atoms with E-state index in [1.54, 1.807) is 0 Å². The van der Waals surface area contributed by atoms with E-state index in [9.17, 15) is 0 Å². The van der Waals surface area contributed by atoms with Crippen LogP contribution in [0.25, 0.3) is 11.1 Å². The molecule has 0 fully saturated rings. The lowest BCUT2D eigenvalue weighted by Crippen LogP contribution is -1.87. The van der Waals surface area contributed by atoms with Gasteiger partial charge in [-0.25, -0.2) is 0 Å². The van der Waals surface area contributed by atoms with Crippen molar-refractivity contribution in [3.63, 3.8) is 0 Å². The lowest BCUT2D eigenvalue weighted by Gasteiger charge is -2.09. The van der Waals surface area contributed by atoms with E-state index in [2.05, 4.69) is 52.0 Å². The highest BCUT2D eigenvalue weighted by Crippen LogP contribution is 2.40. The van der Waals surface area contributed by atoms with Crippen molar-refractivity contribution < 1.29 is 0 Å². The first kappa shape index (κ1) is 10.6. The van der Waals surface area contributed by atoms with Gasteiger partial charge in [0, 0.05) is 0 Å². The number of aryl methyl sites for hydroxylation is 4. The molecule has 0 bridgehead atoms. The molecular weight excluding hydrogens is 204 g/mol. The Labute approximate surface area is 103 Å². The van der Waals surface area contributed by atoms with E-state index in [1.807, 2.05) is 0 Å². The second-order valence-electron chi connectivity index (χ2n) is 5.39. The molecule has 0 aromatic heterocycles. The van der Waals surface area contributed by atoms with Crippen LogP contribution in [0.15, 0.2) is 24.3 Å². The van der Waals surface area contributed by atoms with Crippen molar-refractivity contribution in [3.8, 4) is 11.1 Å². The molecule has 0 nitrogen and oxygen atoms in total. The van der Waals surface area contributed by atoms with Gasteiger partial charge in [-0.15, -0.1) is 0 Å². The lowest BCUT2D eigenvalue weighted by molar-refractivity contribution is 1.22. The number of hydrogen-bond acceptors (Lipinski definition) is 0. The predicted molar refractivity (Wildman–Crippen MR) is 73.6 cm³/mol. The summed E-state index contributed by atoms with van der Waals surface area (Å²) in [5, 5.41) is 0. The molecule has 0 aliphatic heterocycles. The first-order valence-corrected chi connectivity index (χ1v) is 6.27. The zero-order valence-corrected chi connectivity index (χ0v) is 11.0. The van der Waals surface area contributed by atoms with Crippen molar-refractivity contribution in [1.82, 2.24) is 0 Å². The second-order valence-corrected chi connectivity index (χ2v) is 5.39. The molecule has 0 radical (unpaired) electrons. The van der Waals surface area contributed by atoms with Crippen molar-refractivity contribution in [2.24, 2.45) is 0 Å². The molecule has 0 N–H and O–H groups in total. The quantitative estimate of drug-likeness (QED) is 0.525. The smallest absolute Gasteiger partial charge is 0.00132 e. The van der Waals surface area contributed by atoms with Gasteiger partial charge < -0.3 is 0 Å². The summed E-state index contributed by atoms with van der Waals surface area (Å²) in [7, 11) is 0. The summed E-state index contributed by atoms with van der Waals surface area (Å²) in [6.45, 7) is 8.83. The Kier molecular flexibility index (Phi) is 2.16. The monoisotopic (exact) mass is 222 g/mol. The van der Waals surface area contributed by atoms with E-state index in [0.29, 0.717) is 0 Å². The second kappa shape index (κ2) is 3.46. The maximum absolute atomic E-state index is 2.36. The van der Waals surface area contributed by atoms with Crippen molar-refractivity contribution in [3.05, 3.63) is 57.6 Å². The van der Waals surface area contributed by atoms with Crippen LogP contribution in [0.4, 0.5) is 0 Å². The molecule has 0 unspecified atom stereocenters. The normalized spacial score (nSPS) is 12.5. The predicted octanol–water partition coefficient (Wildman–Crippen LogP) is 4.49. The minimum Gasteiger partial charge on any atom is -0.0557 e. The van der Waals surface area contributed by atoms with Crippen LogP contribution in [0.5, 0.6) is 0 Å². The number of hydrogen-bond donors (Lipinski definition) is 0. The van der Waals surface area contributed by atoms with Crippen LogP contribution in [0.2, 0.25) is 0 Å². The minimum absolute atomic E-state index is 1.11. The molecule has 0 saturated heterocycles. The van der Waals surface area contributed by atoms with Gasteiger partial charge in [0.1, 0.15) is 0 Å². The fraction of sp³-hybridized carbons (Fsp3) is 0.294. The first-order chi connectivity index (χ1) is 8.06. The summed E-state index contributed by atoms with van der Waals surface area (Å²) >= 11 is 0. The summed E-state index contributed by atoms with van der Waals surface area (Å²) < 4.78 is 0. The number of fused-ring (bicyclic) bond motifs is 3. The largest absolute Gasteiger partial charge is 0.0557 e. The van der Waals surface area contributed by atoms with Gasteiger partial charge in [0.15, 0.2) is 0 Å². The van der Waals surface area contributed by atoms with E-state index in [4.69, 9.17) is 0 Å². The average Bonchev–Trinajstić information content (AvgIpc) is 2.56. The van der Waals surface area contributed by atoms with Crippen LogP contribution >= 0.6 is 0 Å². The van der Waals surface area contributed by atoms with Gasteiger partial charge in [0.05, 0.1) is 0 Å². The van der Waals surface area contributed by atoms with Gasteiger partial charge in [-0.05, 0) is 73.1 Å². The topological polar surface area (TPSA) is 0 Å². The Morgan fingerprint density at radius 1 is 0.706 bits per heavy atom. The van der Waals surface area contributed by atoms with Gasteiger partial charge in [-0.3, -0.25) is 0 Å². The summed E-state index contributed by atoms with van der Waals surface area (Å²) in [5.41, 5.74) is 11.5. The third-order valence-electron chi connectivity index (χ3n) is 3.93. The highest BCUT2D eigenvalue weighted by atomic mass is 14.2. The molecule has 0 heteroatoms. The van der Waals surface area contributed by atoms with E-state index in [-0.39, 0.29) is 0 Å². The molecule has 0 atom stereocenters. The molecular formula is C17H18. The van der Waals surface area contributed by atoms with Crippen LogP contribution < -0.4 is 0 Å². The van der Waals surface area contributed by atoms with Crippen LogP contribution in [-0.4, -0.2) is 0 Å². The Morgan fingerprint density at radius 3 is 2.18 bits per heavy atom. The Bertz CT molecular complexity index is 618. The SMILES string of the molecule is Cc1cc(C)c2c(c1)Cc1cc(C)c(C)cc1-2. The van der Waals surface area contributed by atoms with Crippen molar-refractivity contribution >= 4 is 0 Å². The average molecular weight is 222 g/mol. The lowest BCUT2D eigenvalue weighted by atomic mass is 9.96. The number of benzene rings is 2. The Morgan fingerprint density at radius 2 is 1.41 bits per heavy atom. The molecule has 0 amide bonds. The molecule has 0 heterocycles.